The molecule has 0 aliphatic heterocycles. The Kier molecular flexibility index (Phi) is 3.24. The quantitative estimate of drug-likeness (QED) is 0.880. The van der Waals surface area contributed by atoms with Gasteiger partial charge in [0.2, 0.25) is 0 Å². The molecule has 4 heteroatoms. The maximum absolute atomic E-state index is 13.4. The van der Waals surface area contributed by atoms with E-state index in [9.17, 15) is 4.39 Å². The van der Waals surface area contributed by atoms with Crippen LogP contribution in [0.1, 0.15) is 22.9 Å². The van der Waals surface area contributed by atoms with Crippen molar-refractivity contribution in [2.45, 2.75) is 13.0 Å². The predicted octanol–water partition coefficient (Wildman–Crippen LogP) is 2.18. The second kappa shape index (κ2) is 4.67. The third kappa shape index (κ3) is 2.53. The minimum Gasteiger partial charge on any atom is -0.340 e. The largest absolute Gasteiger partial charge is 0.340 e. The smallest absolute Gasteiger partial charge is 0.123 e. The Morgan fingerprint density at radius 2 is 2.12 bits per heavy atom. The van der Waals surface area contributed by atoms with Crippen LogP contribution in [0.25, 0.3) is 0 Å². The minimum absolute atomic E-state index is 0.0781. The Bertz CT molecular complexity index is 499. The van der Waals surface area contributed by atoms with Crippen molar-refractivity contribution in [2.75, 3.05) is 7.05 Å². The fraction of sp³-hybridized carbons (Fsp3) is 0.308. The third-order valence-electron chi connectivity index (χ3n) is 2.71. The third-order valence-corrected chi connectivity index (χ3v) is 2.71. The summed E-state index contributed by atoms with van der Waals surface area (Å²) in [7, 11) is 3.76. The van der Waals surface area contributed by atoms with E-state index >= 15 is 0 Å². The molecule has 90 valence electrons. The molecule has 2 rings (SSSR count). The van der Waals surface area contributed by atoms with Crippen LogP contribution in [0, 0.1) is 12.7 Å². The van der Waals surface area contributed by atoms with Gasteiger partial charge in [-0.3, -0.25) is 0 Å². The molecule has 1 heterocycles. The zero-order valence-electron chi connectivity index (χ0n) is 10.2. The molecule has 0 aliphatic rings. The van der Waals surface area contributed by atoms with Gasteiger partial charge in [-0.05, 0) is 37.2 Å². The molecule has 0 radical (unpaired) electrons. The topological polar surface area (TPSA) is 29.9 Å². The van der Waals surface area contributed by atoms with Crippen molar-refractivity contribution >= 4 is 0 Å². The van der Waals surface area contributed by atoms with Crippen LogP contribution in [0.3, 0.4) is 0 Å². The van der Waals surface area contributed by atoms with Crippen LogP contribution in [0.15, 0.2) is 30.7 Å². The van der Waals surface area contributed by atoms with Crippen LogP contribution in [-0.2, 0) is 7.05 Å². The van der Waals surface area contributed by atoms with Crippen LogP contribution in [0.5, 0.6) is 0 Å². The molecule has 0 saturated carbocycles. The molecule has 1 aromatic carbocycles. The molecule has 17 heavy (non-hydrogen) atoms. The molecular formula is C13H16FN3. The minimum atomic E-state index is -0.212. The summed E-state index contributed by atoms with van der Waals surface area (Å²) in [6.45, 7) is 1.89. The summed E-state index contributed by atoms with van der Waals surface area (Å²) in [5.74, 6) is -0.212. The monoisotopic (exact) mass is 233 g/mol. The molecule has 3 nitrogen and oxygen atoms in total. The first-order valence-electron chi connectivity index (χ1n) is 5.52. The van der Waals surface area contributed by atoms with Crippen molar-refractivity contribution in [1.82, 2.24) is 14.9 Å². The Hall–Kier alpha value is -1.68. The summed E-state index contributed by atoms with van der Waals surface area (Å²) < 4.78 is 15.3. The summed E-state index contributed by atoms with van der Waals surface area (Å²) in [4.78, 5) is 4.30. The highest BCUT2D eigenvalue weighted by atomic mass is 19.1. The van der Waals surface area contributed by atoms with Gasteiger partial charge in [0.25, 0.3) is 0 Å². The van der Waals surface area contributed by atoms with E-state index in [1.54, 1.807) is 12.4 Å². The lowest BCUT2D eigenvalue weighted by Crippen LogP contribution is -2.18. The second-order valence-corrected chi connectivity index (χ2v) is 4.25. The van der Waals surface area contributed by atoms with Gasteiger partial charge in [0, 0.05) is 13.2 Å². The number of rotatable bonds is 3. The number of halogens is 1. The van der Waals surface area contributed by atoms with Gasteiger partial charge in [0.15, 0.2) is 0 Å². The number of nitrogens with one attached hydrogen (secondary N) is 1. The van der Waals surface area contributed by atoms with Gasteiger partial charge >= 0.3 is 0 Å². The molecule has 0 amide bonds. The predicted molar refractivity (Wildman–Crippen MR) is 65.2 cm³/mol. The van der Waals surface area contributed by atoms with Crippen LogP contribution >= 0.6 is 0 Å². The molecule has 0 aliphatic carbocycles. The Balaban J connectivity index is 2.41. The van der Waals surface area contributed by atoms with Crippen molar-refractivity contribution in [3.63, 3.8) is 0 Å². The number of aryl methyl sites for hydroxylation is 2. The normalized spacial score (nSPS) is 12.7. The van der Waals surface area contributed by atoms with E-state index in [-0.39, 0.29) is 11.9 Å². The first-order valence-corrected chi connectivity index (χ1v) is 5.52. The van der Waals surface area contributed by atoms with Crippen LogP contribution in [0.4, 0.5) is 4.39 Å². The van der Waals surface area contributed by atoms with E-state index in [0.29, 0.717) is 0 Å². The number of benzene rings is 1. The molecule has 1 N–H and O–H groups in total. The van der Waals surface area contributed by atoms with Crippen LogP contribution < -0.4 is 5.32 Å². The lowest BCUT2D eigenvalue weighted by Gasteiger charge is -2.15. The van der Waals surface area contributed by atoms with Crippen molar-refractivity contribution in [3.8, 4) is 0 Å². The summed E-state index contributed by atoms with van der Waals surface area (Å²) in [5.41, 5.74) is 2.69. The Labute approximate surface area is 100 Å². The molecule has 1 unspecified atom stereocenters. The van der Waals surface area contributed by atoms with Gasteiger partial charge in [0.1, 0.15) is 5.82 Å². The lowest BCUT2D eigenvalue weighted by molar-refractivity contribution is 0.613. The van der Waals surface area contributed by atoms with Gasteiger partial charge in [-0.25, -0.2) is 9.37 Å². The first-order chi connectivity index (χ1) is 8.10. The van der Waals surface area contributed by atoms with Gasteiger partial charge in [-0.1, -0.05) is 6.07 Å². The molecule has 0 saturated heterocycles. The average Bonchev–Trinajstić information content (AvgIpc) is 2.64. The number of imidazole rings is 1. The van der Waals surface area contributed by atoms with Crippen LogP contribution in [0.2, 0.25) is 0 Å². The Morgan fingerprint density at radius 1 is 1.35 bits per heavy atom. The van der Waals surface area contributed by atoms with Crippen LogP contribution in [-0.4, -0.2) is 16.6 Å². The molecule has 0 fully saturated rings. The maximum Gasteiger partial charge on any atom is 0.123 e. The summed E-state index contributed by atoms with van der Waals surface area (Å²) in [6, 6.07) is 4.96. The summed E-state index contributed by atoms with van der Waals surface area (Å²) >= 11 is 0. The van der Waals surface area contributed by atoms with Crippen molar-refractivity contribution < 1.29 is 4.39 Å². The maximum atomic E-state index is 13.4. The number of hydrogen-bond donors (Lipinski definition) is 1. The van der Waals surface area contributed by atoms with Gasteiger partial charge in [-0.2, -0.15) is 0 Å². The number of aromatic nitrogens is 2. The first kappa shape index (κ1) is 11.8. The molecule has 0 spiro atoms. The molecule has 1 aromatic heterocycles. The average molecular weight is 233 g/mol. The van der Waals surface area contributed by atoms with E-state index in [1.807, 2.05) is 37.8 Å². The summed E-state index contributed by atoms with van der Waals surface area (Å²) in [6.07, 6.45) is 3.67. The zero-order chi connectivity index (χ0) is 12.4. The molecular weight excluding hydrogens is 217 g/mol. The van der Waals surface area contributed by atoms with Crippen molar-refractivity contribution in [1.29, 1.82) is 0 Å². The molecule has 2 aromatic rings. The van der Waals surface area contributed by atoms with E-state index in [0.717, 1.165) is 16.8 Å². The van der Waals surface area contributed by atoms with Gasteiger partial charge in [0.05, 0.1) is 18.1 Å². The highest BCUT2D eigenvalue weighted by molar-refractivity contribution is 5.31. The number of hydrogen-bond acceptors (Lipinski definition) is 2. The van der Waals surface area contributed by atoms with Crippen molar-refractivity contribution in [3.05, 3.63) is 53.4 Å². The zero-order valence-corrected chi connectivity index (χ0v) is 10.2. The highest BCUT2D eigenvalue weighted by Gasteiger charge is 2.15. The Morgan fingerprint density at radius 3 is 2.65 bits per heavy atom. The van der Waals surface area contributed by atoms with E-state index in [1.165, 1.54) is 6.07 Å². The number of nitrogens with zero attached hydrogens (tertiary/aromatic N) is 2. The lowest BCUT2D eigenvalue weighted by atomic mass is 10.0. The standard InChI is InChI=1S/C13H16FN3/c1-9-4-10(6-11(14)5-9)13(15-2)12-7-17(3)8-16-12/h4-8,13,15H,1-3H3. The molecule has 1 atom stereocenters. The van der Waals surface area contributed by atoms with Gasteiger partial charge in [-0.15, -0.1) is 0 Å². The van der Waals surface area contributed by atoms with E-state index in [2.05, 4.69) is 10.3 Å². The fourth-order valence-corrected chi connectivity index (χ4v) is 2.00. The SMILES string of the molecule is CNC(c1cc(C)cc(F)c1)c1cn(C)cn1. The van der Waals surface area contributed by atoms with Gasteiger partial charge < -0.3 is 9.88 Å². The van der Waals surface area contributed by atoms with Crippen molar-refractivity contribution in [2.24, 2.45) is 7.05 Å². The fourth-order valence-electron chi connectivity index (χ4n) is 2.00. The molecule has 0 bridgehead atoms. The highest BCUT2D eigenvalue weighted by Crippen LogP contribution is 2.22. The van der Waals surface area contributed by atoms with E-state index in [4.69, 9.17) is 0 Å². The second-order valence-electron chi connectivity index (χ2n) is 4.25. The summed E-state index contributed by atoms with van der Waals surface area (Å²) in [5, 5.41) is 3.16. The van der Waals surface area contributed by atoms with E-state index < -0.39 is 0 Å².